The van der Waals surface area contributed by atoms with E-state index >= 15 is 0 Å². The van der Waals surface area contributed by atoms with Crippen LogP contribution in [0.25, 0.3) is 0 Å². The van der Waals surface area contributed by atoms with Crippen molar-refractivity contribution in [1.29, 1.82) is 0 Å². The van der Waals surface area contributed by atoms with Gasteiger partial charge in [-0.2, -0.15) is 0 Å². The molecule has 0 spiro atoms. The van der Waals surface area contributed by atoms with Gasteiger partial charge >= 0.3 is 5.70 Å². The number of nitrogens with zero attached hydrogens (tertiary/aromatic N) is 2. The fourth-order valence-corrected chi connectivity index (χ4v) is 1.92. The third kappa shape index (κ3) is 2.20. The van der Waals surface area contributed by atoms with E-state index in [1.54, 1.807) is 14.0 Å². The summed E-state index contributed by atoms with van der Waals surface area (Å²) in [6.07, 6.45) is -0.957. The first-order valence-corrected chi connectivity index (χ1v) is 5.58. The van der Waals surface area contributed by atoms with E-state index in [-0.39, 0.29) is 5.70 Å². The van der Waals surface area contributed by atoms with Crippen LogP contribution in [0, 0.1) is 10.1 Å². The lowest BCUT2D eigenvalue weighted by molar-refractivity contribution is -0.440. The van der Waals surface area contributed by atoms with Gasteiger partial charge in [-0.15, -0.1) is 0 Å². The van der Waals surface area contributed by atoms with Gasteiger partial charge < -0.3 is 20.1 Å². The molecular formula is C10H19N3O4. The summed E-state index contributed by atoms with van der Waals surface area (Å²) in [5.74, 6) is 0.306. The molecule has 98 valence electrons. The minimum absolute atomic E-state index is 0.124. The number of aliphatic hydroxyl groups is 1. The molecule has 0 aliphatic carbocycles. The summed E-state index contributed by atoms with van der Waals surface area (Å²) in [6.45, 7) is 5.90. The van der Waals surface area contributed by atoms with Crippen LogP contribution in [0.15, 0.2) is 11.5 Å². The maximum absolute atomic E-state index is 11.1. The molecule has 7 heteroatoms. The average Bonchev–Trinajstić information content (AvgIpc) is 2.41. The lowest BCUT2D eigenvalue weighted by Gasteiger charge is -2.32. The van der Waals surface area contributed by atoms with Gasteiger partial charge in [-0.25, -0.2) is 0 Å². The molecule has 1 aliphatic rings. The number of likely N-dealkylation sites (N-methyl/N-ethyl adjacent to an activating group) is 1. The Balaban J connectivity index is 3.20. The van der Waals surface area contributed by atoms with E-state index in [4.69, 9.17) is 4.74 Å². The van der Waals surface area contributed by atoms with E-state index in [1.165, 1.54) is 11.8 Å². The second kappa shape index (κ2) is 4.89. The van der Waals surface area contributed by atoms with Crippen molar-refractivity contribution in [3.8, 4) is 0 Å². The molecule has 0 fully saturated rings. The normalized spacial score (nSPS) is 28.8. The molecule has 1 heterocycles. The number of nitro groups is 1. The minimum atomic E-state index is -1.42. The van der Waals surface area contributed by atoms with Crippen LogP contribution in [0.5, 0.6) is 0 Å². The van der Waals surface area contributed by atoms with Crippen molar-refractivity contribution in [2.24, 2.45) is 0 Å². The Bertz CT molecular complexity index is 340. The predicted octanol–water partition coefficient (Wildman–Crippen LogP) is 0.101. The molecule has 2 N–H and O–H groups in total. The third-order valence-corrected chi connectivity index (χ3v) is 2.88. The first-order chi connectivity index (χ1) is 7.87. The van der Waals surface area contributed by atoms with Gasteiger partial charge in [0, 0.05) is 20.2 Å². The highest BCUT2D eigenvalue weighted by atomic mass is 16.6. The van der Waals surface area contributed by atoms with Gasteiger partial charge in [0.2, 0.25) is 0 Å². The molecule has 0 bridgehead atoms. The summed E-state index contributed by atoms with van der Waals surface area (Å²) >= 11 is 0. The molecule has 0 aromatic carbocycles. The van der Waals surface area contributed by atoms with Gasteiger partial charge in [0.15, 0.2) is 17.6 Å². The first-order valence-electron chi connectivity index (χ1n) is 5.58. The van der Waals surface area contributed by atoms with Gasteiger partial charge in [-0.1, -0.05) is 0 Å². The predicted molar refractivity (Wildman–Crippen MR) is 61.5 cm³/mol. The van der Waals surface area contributed by atoms with Crippen LogP contribution >= 0.6 is 0 Å². The molecule has 0 saturated heterocycles. The number of nitrogens with one attached hydrogen (secondary N) is 1. The van der Waals surface area contributed by atoms with Crippen LogP contribution in [0.1, 0.15) is 20.8 Å². The van der Waals surface area contributed by atoms with Crippen molar-refractivity contribution >= 4 is 0 Å². The van der Waals surface area contributed by atoms with E-state index in [1.807, 2.05) is 6.92 Å². The van der Waals surface area contributed by atoms with Crippen LogP contribution in [0.3, 0.4) is 0 Å². The number of hydrogen-bond acceptors (Lipinski definition) is 6. The van der Waals surface area contributed by atoms with Crippen molar-refractivity contribution < 1.29 is 14.8 Å². The summed E-state index contributed by atoms with van der Waals surface area (Å²) in [5, 5.41) is 24.3. The number of rotatable bonds is 5. The van der Waals surface area contributed by atoms with E-state index < -0.39 is 16.8 Å². The summed E-state index contributed by atoms with van der Waals surface area (Å²) < 4.78 is 5.31. The SMILES string of the molecule is CCNC1=C([N+](=O)[O-])C(OCC)C(C)(O)N1C. The highest BCUT2D eigenvalue weighted by Gasteiger charge is 2.54. The second-order valence-corrected chi connectivity index (χ2v) is 4.01. The van der Waals surface area contributed by atoms with Crippen LogP contribution in [-0.2, 0) is 4.74 Å². The van der Waals surface area contributed by atoms with Crippen molar-refractivity contribution in [2.75, 3.05) is 20.2 Å². The number of ether oxygens (including phenoxy) is 1. The average molecular weight is 245 g/mol. The van der Waals surface area contributed by atoms with Gasteiger partial charge in [-0.3, -0.25) is 10.1 Å². The van der Waals surface area contributed by atoms with Gasteiger partial charge in [0.25, 0.3) is 0 Å². The Labute approximate surface area is 100 Å². The van der Waals surface area contributed by atoms with Gasteiger partial charge in [-0.05, 0) is 20.8 Å². The Morgan fingerprint density at radius 1 is 1.65 bits per heavy atom. The molecule has 1 aliphatic heterocycles. The smallest absolute Gasteiger partial charge is 0.319 e. The maximum Gasteiger partial charge on any atom is 0.319 e. The monoisotopic (exact) mass is 245 g/mol. The second-order valence-electron chi connectivity index (χ2n) is 4.01. The van der Waals surface area contributed by atoms with Crippen molar-refractivity contribution in [3.05, 3.63) is 21.6 Å². The Hall–Kier alpha value is -1.34. The zero-order valence-corrected chi connectivity index (χ0v) is 10.6. The standard InChI is InChI=1S/C10H19N3O4/c1-5-11-9-7(13(15)16)8(17-6-2)10(3,14)12(9)4/h8,11,14H,5-6H2,1-4H3. The fraction of sp³-hybridized carbons (Fsp3) is 0.800. The van der Waals surface area contributed by atoms with E-state index in [2.05, 4.69) is 5.32 Å². The Kier molecular flexibility index (Phi) is 3.94. The van der Waals surface area contributed by atoms with Crippen molar-refractivity contribution in [1.82, 2.24) is 10.2 Å². The molecule has 2 unspecified atom stereocenters. The number of hydrogen-bond donors (Lipinski definition) is 2. The fourth-order valence-electron chi connectivity index (χ4n) is 1.92. The Morgan fingerprint density at radius 3 is 2.65 bits per heavy atom. The van der Waals surface area contributed by atoms with Gasteiger partial charge in [0.1, 0.15) is 0 Å². The molecule has 0 amide bonds. The molecule has 1 rings (SSSR count). The van der Waals surface area contributed by atoms with Crippen molar-refractivity contribution in [2.45, 2.75) is 32.6 Å². The zero-order valence-electron chi connectivity index (χ0n) is 10.6. The van der Waals surface area contributed by atoms with Crippen LogP contribution in [0.2, 0.25) is 0 Å². The van der Waals surface area contributed by atoms with Gasteiger partial charge in [0.05, 0.1) is 4.92 Å². The summed E-state index contributed by atoms with van der Waals surface area (Å²) in [7, 11) is 1.60. The van der Waals surface area contributed by atoms with Crippen LogP contribution < -0.4 is 5.32 Å². The largest absolute Gasteiger partial charge is 0.368 e. The topological polar surface area (TPSA) is 87.9 Å². The minimum Gasteiger partial charge on any atom is -0.368 e. The molecular weight excluding hydrogens is 226 g/mol. The maximum atomic E-state index is 11.1. The van der Waals surface area contributed by atoms with E-state index in [0.29, 0.717) is 19.0 Å². The summed E-state index contributed by atoms with van der Waals surface area (Å²) in [6, 6.07) is 0. The molecule has 0 saturated carbocycles. The van der Waals surface area contributed by atoms with Crippen LogP contribution in [0.4, 0.5) is 0 Å². The molecule has 0 radical (unpaired) electrons. The van der Waals surface area contributed by atoms with Crippen LogP contribution in [-0.4, -0.2) is 47.0 Å². The van der Waals surface area contributed by atoms with E-state index in [9.17, 15) is 15.2 Å². The molecule has 0 aromatic rings. The van der Waals surface area contributed by atoms with E-state index in [0.717, 1.165) is 0 Å². The quantitative estimate of drug-likeness (QED) is 0.527. The molecule has 2 atom stereocenters. The molecule has 0 aromatic heterocycles. The Morgan fingerprint density at radius 2 is 2.24 bits per heavy atom. The third-order valence-electron chi connectivity index (χ3n) is 2.88. The zero-order chi connectivity index (χ0) is 13.2. The molecule has 7 nitrogen and oxygen atoms in total. The highest BCUT2D eigenvalue weighted by molar-refractivity contribution is 5.22. The van der Waals surface area contributed by atoms with Crippen molar-refractivity contribution in [3.63, 3.8) is 0 Å². The summed E-state index contributed by atoms with van der Waals surface area (Å²) in [5.41, 5.74) is -1.54. The highest BCUT2D eigenvalue weighted by Crippen LogP contribution is 2.35. The first kappa shape index (κ1) is 13.7. The molecule has 17 heavy (non-hydrogen) atoms. The summed E-state index contributed by atoms with van der Waals surface area (Å²) in [4.78, 5) is 12.0. The lowest BCUT2D eigenvalue weighted by Crippen LogP contribution is -2.49. The lowest BCUT2D eigenvalue weighted by atomic mass is 10.1.